The van der Waals surface area contributed by atoms with Gasteiger partial charge >= 0.3 is 6.03 Å². The number of hydrogen-bond acceptors (Lipinski definition) is 4. The lowest BCUT2D eigenvalue weighted by molar-refractivity contribution is 0.102. The van der Waals surface area contributed by atoms with Crippen LogP contribution >= 0.6 is 11.6 Å². The lowest BCUT2D eigenvalue weighted by Crippen LogP contribution is -2.39. The Balaban J connectivity index is 1.29. The van der Waals surface area contributed by atoms with Crippen LogP contribution in [0.3, 0.4) is 0 Å². The molecule has 0 radical (unpaired) electrons. The molecule has 0 fully saturated rings. The van der Waals surface area contributed by atoms with Crippen molar-refractivity contribution in [2.45, 2.75) is 22.8 Å². The number of aromatic nitrogens is 1. The Kier molecular flexibility index (Phi) is 6.73. The number of fused-ring (bicyclic) bond motifs is 1. The van der Waals surface area contributed by atoms with Gasteiger partial charge in [-0.15, -0.1) is 0 Å². The van der Waals surface area contributed by atoms with Crippen molar-refractivity contribution < 1.29 is 18.0 Å². The highest BCUT2D eigenvalue weighted by Crippen LogP contribution is 2.30. The predicted molar refractivity (Wildman–Crippen MR) is 142 cm³/mol. The van der Waals surface area contributed by atoms with E-state index in [0.717, 1.165) is 5.69 Å². The molecule has 8 nitrogen and oxygen atoms in total. The number of aromatic amines is 1. The Morgan fingerprint density at radius 3 is 2.08 bits per heavy atom. The van der Waals surface area contributed by atoms with Crippen molar-refractivity contribution in [2.75, 3.05) is 17.2 Å². The molecule has 10 heteroatoms. The monoisotopic (exact) mass is 534 g/mol. The minimum absolute atomic E-state index is 0.135. The quantitative estimate of drug-likeness (QED) is 0.321. The first kappa shape index (κ1) is 24.6. The van der Waals surface area contributed by atoms with Crippen LogP contribution in [0, 0.1) is 0 Å². The standard InChI is InChI=1S/C27H23ClN4O4S/c28-25-24(26(33)29-18-7-3-1-4-8-18)22-17-32(16-15-23(22)31-25)27(34)30-19-11-13-21(14-12-19)37(35,36)20-9-5-2-6-10-20/h1-14,31H,15-17H2,(H,29,33)(H,30,34). The molecule has 0 saturated carbocycles. The second-order valence-corrected chi connectivity index (χ2v) is 10.9. The summed E-state index contributed by atoms with van der Waals surface area (Å²) in [6.45, 7) is 0.623. The second kappa shape index (κ2) is 10.1. The molecule has 5 rings (SSSR count). The molecule has 0 bridgehead atoms. The summed E-state index contributed by atoms with van der Waals surface area (Å²) in [5, 5.41) is 5.87. The Bertz CT molecular complexity index is 1550. The molecule has 0 saturated heterocycles. The summed E-state index contributed by atoms with van der Waals surface area (Å²) in [4.78, 5) is 31.0. The van der Waals surface area contributed by atoms with Crippen LogP contribution < -0.4 is 10.6 Å². The number of para-hydroxylation sites is 1. The zero-order valence-electron chi connectivity index (χ0n) is 19.6. The number of nitrogens with zero attached hydrogens (tertiary/aromatic N) is 1. The Morgan fingerprint density at radius 1 is 0.811 bits per heavy atom. The summed E-state index contributed by atoms with van der Waals surface area (Å²) in [5.41, 5.74) is 2.90. The maximum atomic E-state index is 13.0. The van der Waals surface area contributed by atoms with Crippen molar-refractivity contribution in [1.29, 1.82) is 0 Å². The first-order valence-electron chi connectivity index (χ1n) is 11.5. The second-order valence-electron chi connectivity index (χ2n) is 8.53. The van der Waals surface area contributed by atoms with E-state index in [1.807, 2.05) is 18.2 Å². The number of nitrogens with one attached hydrogen (secondary N) is 3. The van der Waals surface area contributed by atoms with Crippen molar-refractivity contribution >= 4 is 44.8 Å². The number of rotatable bonds is 5. The summed E-state index contributed by atoms with van der Waals surface area (Å²) >= 11 is 6.36. The van der Waals surface area contributed by atoms with Gasteiger partial charge in [0.25, 0.3) is 5.91 Å². The minimum atomic E-state index is -3.65. The normalized spacial score (nSPS) is 13.1. The van der Waals surface area contributed by atoms with Gasteiger partial charge in [-0.1, -0.05) is 48.0 Å². The van der Waals surface area contributed by atoms with E-state index < -0.39 is 9.84 Å². The largest absolute Gasteiger partial charge is 0.349 e. The van der Waals surface area contributed by atoms with Gasteiger partial charge in [-0.05, 0) is 48.5 Å². The summed E-state index contributed by atoms with van der Waals surface area (Å²) in [5.74, 6) is -0.355. The van der Waals surface area contributed by atoms with Gasteiger partial charge in [0.05, 0.1) is 21.9 Å². The Labute approximate surface area is 219 Å². The first-order valence-corrected chi connectivity index (χ1v) is 13.4. The number of amides is 3. The van der Waals surface area contributed by atoms with Gasteiger partial charge in [-0.25, -0.2) is 13.2 Å². The topological polar surface area (TPSA) is 111 Å². The molecule has 0 atom stereocenters. The molecule has 3 N–H and O–H groups in total. The predicted octanol–water partition coefficient (Wildman–Crippen LogP) is 5.34. The van der Waals surface area contributed by atoms with E-state index >= 15 is 0 Å². The fraction of sp³-hybridized carbons (Fsp3) is 0.111. The molecule has 3 aromatic carbocycles. The number of carbonyl (C=O) groups excluding carboxylic acids is 2. The fourth-order valence-corrected chi connectivity index (χ4v) is 5.84. The van der Waals surface area contributed by atoms with Crippen LogP contribution in [-0.2, 0) is 22.8 Å². The zero-order valence-corrected chi connectivity index (χ0v) is 21.1. The van der Waals surface area contributed by atoms with Gasteiger partial charge in [0.2, 0.25) is 9.84 Å². The summed E-state index contributed by atoms with van der Waals surface area (Å²) < 4.78 is 25.6. The summed E-state index contributed by atoms with van der Waals surface area (Å²) in [6, 6.07) is 22.9. The fourth-order valence-electron chi connectivity index (χ4n) is 4.24. The lowest BCUT2D eigenvalue weighted by Gasteiger charge is -2.27. The van der Waals surface area contributed by atoms with Crippen LogP contribution in [0.15, 0.2) is 94.7 Å². The average molecular weight is 535 g/mol. The van der Waals surface area contributed by atoms with E-state index in [1.54, 1.807) is 47.4 Å². The highest BCUT2D eigenvalue weighted by atomic mass is 35.5. The minimum Gasteiger partial charge on any atom is -0.349 e. The number of sulfone groups is 1. The molecule has 2 heterocycles. The van der Waals surface area contributed by atoms with Crippen molar-refractivity contribution in [3.63, 3.8) is 0 Å². The number of halogens is 1. The van der Waals surface area contributed by atoms with Crippen LogP contribution in [0.4, 0.5) is 16.2 Å². The lowest BCUT2D eigenvalue weighted by atomic mass is 10.0. The maximum absolute atomic E-state index is 13.0. The summed E-state index contributed by atoms with van der Waals surface area (Å²) in [7, 11) is -3.65. The highest BCUT2D eigenvalue weighted by molar-refractivity contribution is 7.91. The van der Waals surface area contributed by atoms with Crippen LogP contribution in [0.25, 0.3) is 0 Å². The molecule has 0 unspecified atom stereocenters. The summed E-state index contributed by atoms with van der Waals surface area (Å²) in [6.07, 6.45) is 0.509. The Morgan fingerprint density at radius 2 is 1.41 bits per heavy atom. The average Bonchev–Trinajstić information content (AvgIpc) is 3.25. The smallest absolute Gasteiger partial charge is 0.322 e. The van der Waals surface area contributed by atoms with Crippen LogP contribution in [-0.4, -0.2) is 36.8 Å². The van der Waals surface area contributed by atoms with Gasteiger partial charge in [0.15, 0.2) is 0 Å². The molecule has 0 spiro atoms. The SMILES string of the molecule is O=C(Nc1ccccc1)c1c(Cl)[nH]c2c1CN(C(=O)Nc1ccc(S(=O)(=O)c3ccccc3)cc1)CC2. The van der Waals surface area contributed by atoms with Gasteiger partial charge in [0.1, 0.15) is 5.15 Å². The molecule has 3 amide bonds. The first-order chi connectivity index (χ1) is 17.8. The molecular weight excluding hydrogens is 512 g/mol. The molecule has 1 aliphatic rings. The molecule has 4 aromatic rings. The third kappa shape index (κ3) is 5.09. The van der Waals surface area contributed by atoms with E-state index in [0.29, 0.717) is 35.5 Å². The van der Waals surface area contributed by atoms with Gasteiger partial charge < -0.3 is 20.5 Å². The Hall–Kier alpha value is -4.08. The van der Waals surface area contributed by atoms with Crippen molar-refractivity contribution in [1.82, 2.24) is 9.88 Å². The number of hydrogen-bond donors (Lipinski definition) is 3. The van der Waals surface area contributed by atoms with Gasteiger partial charge in [-0.3, -0.25) is 4.79 Å². The molecule has 1 aliphatic heterocycles. The van der Waals surface area contributed by atoms with E-state index in [1.165, 1.54) is 24.3 Å². The molecular formula is C27H23ClN4O4S. The highest BCUT2D eigenvalue weighted by Gasteiger charge is 2.29. The zero-order chi connectivity index (χ0) is 26.0. The van der Waals surface area contributed by atoms with E-state index in [2.05, 4.69) is 15.6 Å². The molecule has 0 aliphatic carbocycles. The van der Waals surface area contributed by atoms with E-state index in [4.69, 9.17) is 11.6 Å². The third-order valence-electron chi connectivity index (χ3n) is 6.14. The maximum Gasteiger partial charge on any atom is 0.322 e. The number of anilines is 2. The third-order valence-corrected chi connectivity index (χ3v) is 8.21. The molecule has 1 aromatic heterocycles. The van der Waals surface area contributed by atoms with E-state index in [-0.39, 0.29) is 33.4 Å². The van der Waals surface area contributed by atoms with Crippen LogP contribution in [0.2, 0.25) is 5.15 Å². The number of H-pyrrole nitrogens is 1. The number of urea groups is 1. The number of carbonyl (C=O) groups is 2. The molecule has 188 valence electrons. The van der Waals surface area contributed by atoms with Crippen molar-refractivity contribution in [3.05, 3.63) is 107 Å². The van der Waals surface area contributed by atoms with Crippen molar-refractivity contribution in [3.8, 4) is 0 Å². The number of benzene rings is 3. The van der Waals surface area contributed by atoms with Crippen LogP contribution in [0.1, 0.15) is 21.6 Å². The molecule has 37 heavy (non-hydrogen) atoms. The van der Waals surface area contributed by atoms with Crippen molar-refractivity contribution in [2.24, 2.45) is 0 Å². The van der Waals surface area contributed by atoms with Crippen LogP contribution in [0.5, 0.6) is 0 Å². The van der Waals surface area contributed by atoms with E-state index in [9.17, 15) is 18.0 Å². The van der Waals surface area contributed by atoms with Gasteiger partial charge in [0, 0.05) is 35.6 Å². The van der Waals surface area contributed by atoms with Gasteiger partial charge in [-0.2, -0.15) is 0 Å².